The number of halogens is 4. The molecule has 2 N–H and O–H groups in total. The Hall–Kier alpha value is -3.94. The normalized spacial score (nSPS) is 17.5. The molecule has 0 spiro atoms. The fourth-order valence-corrected chi connectivity index (χ4v) is 4.32. The van der Waals surface area contributed by atoms with E-state index in [4.69, 9.17) is 4.74 Å². The third-order valence-corrected chi connectivity index (χ3v) is 5.79. The zero-order valence-corrected chi connectivity index (χ0v) is 19.3. The zero-order valence-electron chi connectivity index (χ0n) is 18.5. The van der Waals surface area contributed by atoms with Crippen LogP contribution in [0.25, 0.3) is 0 Å². The predicted octanol–water partition coefficient (Wildman–Crippen LogP) is 3.34. The third-order valence-electron chi connectivity index (χ3n) is 5.19. The number of amides is 1. The number of benzene rings is 1. The largest absolute Gasteiger partial charge is 0.573 e. The fraction of sp³-hybridized carbons (Fsp3) is 0.227. The number of alkyl halides is 3. The van der Waals surface area contributed by atoms with E-state index in [9.17, 15) is 30.8 Å². The van der Waals surface area contributed by atoms with E-state index in [0.29, 0.717) is 5.75 Å². The molecular weight excluding hydrogens is 508 g/mol. The topological polar surface area (TPSA) is 120 Å². The number of nitrogens with zero attached hydrogens (tertiary/aromatic N) is 2. The smallest absolute Gasteiger partial charge is 0.491 e. The van der Waals surface area contributed by atoms with Gasteiger partial charge in [-0.15, -0.1) is 13.2 Å². The van der Waals surface area contributed by atoms with Crippen molar-refractivity contribution in [2.24, 2.45) is 0 Å². The highest BCUT2D eigenvalue weighted by molar-refractivity contribution is 7.92. The quantitative estimate of drug-likeness (QED) is 0.473. The second-order valence-corrected chi connectivity index (χ2v) is 9.56. The maximum atomic E-state index is 14.7. The van der Waals surface area contributed by atoms with Crippen LogP contribution >= 0.6 is 0 Å². The zero-order chi connectivity index (χ0) is 26.1. The van der Waals surface area contributed by atoms with Crippen LogP contribution in [0.2, 0.25) is 0 Å². The maximum absolute atomic E-state index is 14.7. The molecule has 14 heteroatoms. The summed E-state index contributed by atoms with van der Waals surface area (Å²) in [4.78, 5) is 21.5. The van der Waals surface area contributed by atoms with Gasteiger partial charge in [-0.1, -0.05) is 6.07 Å². The molecule has 0 fully saturated rings. The number of aromatic nitrogens is 2. The molecule has 4 rings (SSSR count). The average Bonchev–Trinajstić information content (AvgIpc) is 2.79. The number of hydrogen-bond donors (Lipinski definition) is 2. The Labute approximate surface area is 202 Å². The monoisotopic (exact) mass is 526 g/mol. The van der Waals surface area contributed by atoms with E-state index in [0.717, 1.165) is 24.6 Å². The van der Waals surface area contributed by atoms with Crippen molar-refractivity contribution in [1.82, 2.24) is 15.3 Å². The fourth-order valence-electron chi connectivity index (χ4n) is 3.77. The van der Waals surface area contributed by atoms with E-state index >= 15 is 0 Å². The van der Waals surface area contributed by atoms with Crippen LogP contribution in [-0.4, -0.2) is 43.5 Å². The molecule has 3 heterocycles. The van der Waals surface area contributed by atoms with Gasteiger partial charge in [-0.05, 0) is 42.0 Å². The van der Waals surface area contributed by atoms with Crippen LogP contribution in [0.3, 0.4) is 0 Å². The van der Waals surface area contributed by atoms with E-state index < -0.39 is 39.4 Å². The second kappa shape index (κ2) is 9.26. The van der Waals surface area contributed by atoms with Crippen molar-refractivity contribution in [1.29, 1.82) is 0 Å². The van der Waals surface area contributed by atoms with E-state index in [-0.39, 0.29) is 35.7 Å². The van der Waals surface area contributed by atoms with Crippen molar-refractivity contribution in [3.8, 4) is 11.5 Å². The molecule has 0 bridgehead atoms. The van der Waals surface area contributed by atoms with Crippen molar-refractivity contribution < 1.29 is 40.2 Å². The van der Waals surface area contributed by atoms with Gasteiger partial charge in [0.2, 0.25) is 10.0 Å². The average molecular weight is 526 g/mol. The molecule has 0 radical (unpaired) electrons. The van der Waals surface area contributed by atoms with Crippen LogP contribution in [-0.2, 0) is 15.6 Å². The van der Waals surface area contributed by atoms with Gasteiger partial charge in [0, 0.05) is 12.6 Å². The molecular formula is C22H18F4N4O5S. The van der Waals surface area contributed by atoms with Gasteiger partial charge in [0.25, 0.3) is 5.91 Å². The number of rotatable bonds is 6. The Morgan fingerprint density at radius 1 is 1.17 bits per heavy atom. The SMILES string of the molecule is CS(=O)(=O)Nc1ccc(C(=O)N[C@]2(c3ccc(OC(F)(F)F)c(F)c3)CCOc3cccnc32)nc1. The van der Waals surface area contributed by atoms with Gasteiger partial charge in [-0.3, -0.25) is 14.5 Å². The van der Waals surface area contributed by atoms with Crippen molar-refractivity contribution in [2.75, 3.05) is 17.6 Å². The highest BCUT2D eigenvalue weighted by Gasteiger charge is 2.43. The van der Waals surface area contributed by atoms with Crippen molar-refractivity contribution >= 4 is 21.6 Å². The minimum atomic E-state index is -5.09. The van der Waals surface area contributed by atoms with Crippen LogP contribution in [0.5, 0.6) is 11.5 Å². The van der Waals surface area contributed by atoms with Gasteiger partial charge in [0.1, 0.15) is 22.7 Å². The number of sulfonamides is 1. The first-order valence-corrected chi connectivity index (χ1v) is 12.2. The van der Waals surface area contributed by atoms with Crippen LogP contribution < -0.4 is 19.5 Å². The molecule has 1 aliphatic rings. The summed E-state index contributed by atoms with van der Waals surface area (Å²) in [7, 11) is -3.56. The number of carbonyl (C=O) groups is 1. The lowest BCUT2D eigenvalue weighted by Crippen LogP contribution is -2.50. The minimum absolute atomic E-state index is 0.0649. The van der Waals surface area contributed by atoms with Gasteiger partial charge >= 0.3 is 6.36 Å². The predicted molar refractivity (Wildman–Crippen MR) is 118 cm³/mol. The number of hydrogen-bond acceptors (Lipinski definition) is 7. The van der Waals surface area contributed by atoms with Crippen LogP contribution in [0.4, 0.5) is 23.2 Å². The molecule has 1 amide bonds. The third kappa shape index (κ3) is 5.48. The Bertz CT molecular complexity index is 1400. The number of anilines is 1. The maximum Gasteiger partial charge on any atom is 0.573 e. The summed E-state index contributed by atoms with van der Waals surface area (Å²) >= 11 is 0. The molecule has 190 valence electrons. The lowest BCUT2D eigenvalue weighted by Gasteiger charge is -2.39. The van der Waals surface area contributed by atoms with Crippen LogP contribution in [0.1, 0.15) is 28.2 Å². The van der Waals surface area contributed by atoms with Crippen molar-refractivity contribution in [3.05, 3.63) is 77.6 Å². The molecule has 9 nitrogen and oxygen atoms in total. The Balaban J connectivity index is 1.74. The molecule has 1 aromatic carbocycles. The summed E-state index contributed by atoms with van der Waals surface area (Å²) in [5.74, 6) is -2.76. The van der Waals surface area contributed by atoms with Gasteiger partial charge in [0.15, 0.2) is 11.6 Å². The number of ether oxygens (including phenoxy) is 2. The molecule has 36 heavy (non-hydrogen) atoms. The summed E-state index contributed by atoms with van der Waals surface area (Å²) in [6.45, 7) is 0.0754. The van der Waals surface area contributed by atoms with Crippen molar-refractivity contribution in [2.45, 2.75) is 18.3 Å². The molecule has 1 aliphatic heterocycles. The first-order chi connectivity index (χ1) is 16.9. The van der Waals surface area contributed by atoms with E-state index in [2.05, 4.69) is 24.7 Å². The first kappa shape index (κ1) is 25.2. The first-order valence-electron chi connectivity index (χ1n) is 10.3. The van der Waals surface area contributed by atoms with Gasteiger partial charge in [-0.2, -0.15) is 0 Å². The van der Waals surface area contributed by atoms with Gasteiger partial charge in [0.05, 0.1) is 24.7 Å². The molecule has 1 atom stereocenters. The highest BCUT2D eigenvalue weighted by atomic mass is 32.2. The number of nitrogens with one attached hydrogen (secondary N) is 2. The summed E-state index contributed by atoms with van der Waals surface area (Å²) in [5.41, 5.74) is -1.15. The van der Waals surface area contributed by atoms with E-state index in [1.807, 2.05) is 0 Å². The summed E-state index contributed by atoms with van der Waals surface area (Å²) in [5, 5.41) is 2.77. The lowest BCUT2D eigenvalue weighted by molar-refractivity contribution is -0.275. The van der Waals surface area contributed by atoms with E-state index in [1.54, 1.807) is 12.1 Å². The van der Waals surface area contributed by atoms with Crippen LogP contribution in [0, 0.1) is 5.82 Å². The molecule has 0 saturated heterocycles. The molecule has 0 unspecified atom stereocenters. The number of fused-ring (bicyclic) bond motifs is 1. The number of pyridine rings is 2. The lowest BCUT2D eigenvalue weighted by atomic mass is 9.81. The van der Waals surface area contributed by atoms with E-state index in [1.165, 1.54) is 24.4 Å². The highest BCUT2D eigenvalue weighted by Crippen LogP contribution is 2.42. The molecule has 2 aromatic heterocycles. The van der Waals surface area contributed by atoms with Crippen molar-refractivity contribution in [3.63, 3.8) is 0 Å². The minimum Gasteiger partial charge on any atom is -0.491 e. The Morgan fingerprint density at radius 3 is 2.58 bits per heavy atom. The summed E-state index contributed by atoms with van der Waals surface area (Å²) in [6.07, 6.45) is -1.50. The summed E-state index contributed by atoms with van der Waals surface area (Å²) in [6, 6.07) is 8.62. The standard InChI is InChI=1S/C22H18F4N4O5S/c1-36(32,33)30-14-5-6-16(28-12-14)20(31)29-21(8-10-34-18-3-2-9-27-19(18)21)13-4-7-17(15(23)11-13)35-22(24,25)26/h2-7,9,11-12,30H,8,10H2,1H3,(H,29,31)/t21-/m0/s1. The Kier molecular flexibility index (Phi) is 6.47. The molecule has 3 aromatic rings. The number of carbonyl (C=O) groups excluding carboxylic acids is 1. The molecule has 0 aliphatic carbocycles. The van der Waals surface area contributed by atoms with Crippen LogP contribution in [0.15, 0.2) is 54.9 Å². The second-order valence-electron chi connectivity index (χ2n) is 7.81. The Morgan fingerprint density at radius 2 is 1.94 bits per heavy atom. The molecule has 0 saturated carbocycles. The van der Waals surface area contributed by atoms with Gasteiger partial charge in [-0.25, -0.2) is 17.8 Å². The summed E-state index contributed by atoms with van der Waals surface area (Å²) < 4.78 is 86.8. The van der Waals surface area contributed by atoms with Gasteiger partial charge < -0.3 is 14.8 Å².